The fraction of sp³-hybridized carbons (Fsp3) is 0.263. The molecule has 168 valence electrons. The second-order valence-corrected chi connectivity index (χ2v) is 9.64. The van der Waals surface area contributed by atoms with E-state index in [1.54, 1.807) is 25.1 Å². The summed E-state index contributed by atoms with van der Waals surface area (Å²) in [4.78, 5) is 16.4. The molecular weight excluding hydrogens is 477 g/mol. The average Bonchev–Trinajstić information content (AvgIpc) is 3.16. The quantitative estimate of drug-likeness (QED) is 0.460. The number of rotatable bonds is 7. The number of benzene rings is 1. The van der Waals surface area contributed by atoms with Crippen molar-refractivity contribution in [3.63, 3.8) is 0 Å². The Bertz CT molecular complexity index is 1140. The summed E-state index contributed by atoms with van der Waals surface area (Å²) in [6.07, 6.45) is -3.83. The van der Waals surface area contributed by atoms with E-state index >= 15 is 0 Å². The van der Waals surface area contributed by atoms with Crippen LogP contribution in [0.4, 0.5) is 13.2 Å². The maximum atomic E-state index is 13.1. The average molecular weight is 495 g/mol. The highest BCUT2D eigenvalue weighted by atomic mass is 35.5. The van der Waals surface area contributed by atoms with E-state index in [9.17, 15) is 26.4 Å². The Labute approximate surface area is 186 Å². The molecule has 0 bridgehead atoms. The van der Waals surface area contributed by atoms with E-state index < -0.39 is 39.3 Å². The van der Waals surface area contributed by atoms with Crippen LogP contribution in [0.5, 0.6) is 0 Å². The van der Waals surface area contributed by atoms with Gasteiger partial charge in [-0.2, -0.15) is 13.2 Å². The van der Waals surface area contributed by atoms with Gasteiger partial charge in [0, 0.05) is 11.1 Å². The molecule has 1 heterocycles. The molecule has 0 unspecified atom stereocenters. The summed E-state index contributed by atoms with van der Waals surface area (Å²) >= 11 is 6.91. The van der Waals surface area contributed by atoms with E-state index in [1.165, 1.54) is 18.2 Å². The van der Waals surface area contributed by atoms with Gasteiger partial charge in [-0.3, -0.25) is 9.79 Å². The maximum Gasteiger partial charge on any atom is 0.432 e. The molecule has 6 nitrogen and oxygen atoms in total. The third kappa shape index (κ3) is 6.55. The molecule has 0 amide bonds. The van der Waals surface area contributed by atoms with Gasteiger partial charge in [-0.1, -0.05) is 23.7 Å². The smallest absolute Gasteiger partial charge is 0.432 e. The van der Waals surface area contributed by atoms with Crippen LogP contribution in [0.25, 0.3) is 10.4 Å². The number of sulfone groups is 1. The third-order valence-electron chi connectivity index (χ3n) is 3.81. The largest absolute Gasteiger partial charge is 0.465 e. The van der Waals surface area contributed by atoms with Gasteiger partial charge in [0.2, 0.25) is 0 Å². The number of thiophene rings is 1. The zero-order chi connectivity index (χ0) is 23.4. The van der Waals surface area contributed by atoms with E-state index in [-0.39, 0.29) is 22.1 Å². The van der Waals surface area contributed by atoms with Crippen LogP contribution >= 0.6 is 22.9 Å². The van der Waals surface area contributed by atoms with Crippen LogP contribution in [0.15, 0.2) is 57.0 Å². The second kappa shape index (κ2) is 9.84. The van der Waals surface area contributed by atoms with E-state index in [2.05, 4.69) is 4.99 Å². The lowest BCUT2D eigenvalue weighted by molar-refractivity contribution is -0.141. The number of carbonyl (C=O) groups is 1. The molecule has 0 atom stereocenters. The number of hydrogen-bond donors (Lipinski definition) is 1. The molecule has 12 heteroatoms. The van der Waals surface area contributed by atoms with Crippen molar-refractivity contribution >= 4 is 44.5 Å². The molecule has 0 fully saturated rings. The Morgan fingerprint density at radius 1 is 1.26 bits per heavy atom. The van der Waals surface area contributed by atoms with E-state index in [0.717, 1.165) is 17.6 Å². The molecule has 0 aliphatic carbocycles. The third-order valence-corrected chi connectivity index (χ3v) is 6.44. The van der Waals surface area contributed by atoms with Gasteiger partial charge in [0.25, 0.3) is 0 Å². The first-order valence-corrected chi connectivity index (χ1v) is 11.8. The molecule has 31 heavy (non-hydrogen) atoms. The summed E-state index contributed by atoms with van der Waals surface area (Å²) in [5.41, 5.74) is 3.81. The number of halogens is 4. The monoisotopic (exact) mass is 494 g/mol. The van der Waals surface area contributed by atoms with Gasteiger partial charge >= 0.3 is 12.1 Å². The second-order valence-electron chi connectivity index (χ2n) is 6.16. The number of allylic oxidation sites excluding steroid dienone is 2. The first kappa shape index (κ1) is 24.9. The highest BCUT2D eigenvalue weighted by molar-refractivity contribution is 7.90. The van der Waals surface area contributed by atoms with Crippen molar-refractivity contribution in [3.05, 3.63) is 52.0 Å². The minimum Gasteiger partial charge on any atom is -0.465 e. The molecule has 0 saturated heterocycles. The number of esters is 1. The Kier molecular flexibility index (Phi) is 7.90. The van der Waals surface area contributed by atoms with Gasteiger partial charge in [0.05, 0.1) is 27.1 Å². The van der Waals surface area contributed by atoms with Crippen LogP contribution in [0.1, 0.15) is 11.8 Å². The SMILES string of the molecule is CCOC(=O)CN=C(/C(Cl)=C(\N)C(F)(F)F)c1ccc(-c2cccc(S(C)(=O)=O)c2)s1. The van der Waals surface area contributed by atoms with Crippen molar-refractivity contribution < 1.29 is 31.1 Å². The van der Waals surface area contributed by atoms with Gasteiger partial charge in [-0.05, 0) is 36.8 Å². The molecule has 1 aromatic heterocycles. The highest BCUT2D eigenvalue weighted by Gasteiger charge is 2.35. The summed E-state index contributed by atoms with van der Waals surface area (Å²) in [5.74, 6) is -0.743. The summed E-state index contributed by atoms with van der Waals surface area (Å²) in [7, 11) is -3.45. The molecule has 2 rings (SSSR count). The van der Waals surface area contributed by atoms with E-state index in [0.29, 0.717) is 10.4 Å². The number of ether oxygens (including phenoxy) is 1. The molecule has 1 aromatic carbocycles. The van der Waals surface area contributed by atoms with Gasteiger partial charge in [-0.15, -0.1) is 11.3 Å². The number of hydrogen-bond acceptors (Lipinski definition) is 7. The van der Waals surface area contributed by atoms with Crippen LogP contribution in [-0.4, -0.2) is 45.7 Å². The van der Waals surface area contributed by atoms with Crippen LogP contribution in [0.3, 0.4) is 0 Å². The molecule has 2 aromatic rings. The lowest BCUT2D eigenvalue weighted by Crippen LogP contribution is -2.23. The molecular formula is C19H18ClF3N2O4S2. The number of nitrogens with two attached hydrogens (primary N) is 1. The number of aliphatic imine (C=N–C) groups is 1. The normalized spacial score (nSPS) is 13.7. The first-order chi connectivity index (χ1) is 14.3. The van der Waals surface area contributed by atoms with Gasteiger partial charge in [0.1, 0.15) is 12.2 Å². The van der Waals surface area contributed by atoms with Crippen molar-refractivity contribution in [2.24, 2.45) is 10.7 Å². The Hall–Kier alpha value is -2.37. The number of nitrogens with zero attached hydrogens (tertiary/aromatic N) is 1. The molecule has 2 N–H and O–H groups in total. The number of carbonyl (C=O) groups excluding carboxylic acids is 1. The summed E-state index contributed by atoms with van der Waals surface area (Å²) in [5, 5.41) is -0.852. The fourth-order valence-corrected chi connectivity index (χ4v) is 4.37. The molecule has 0 saturated carbocycles. The van der Waals surface area contributed by atoms with Crippen molar-refractivity contribution in [2.75, 3.05) is 19.4 Å². The summed E-state index contributed by atoms with van der Waals surface area (Å²) < 4.78 is 67.5. The maximum absolute atomic E-state index is 13.1. The Morgan fingerprint density at radius 3 is 2.52 bits per heavy atom. The van der Waals surface area contributed by atoms with Crippen molar-refractivity contribution in [1.82, 2.24) is 0 Å². The van der Waals surface area contributed by atoms with Crippen LogP contribution in [0, 0.1) is 0 Å². The lowest BCUT2D eigenvalue weighted by atomic mass is 10.2. The number of alkyl halides is 3. The van der Waals surface area contributed by atoms with Crippen molar-refractivity contribution in [3.8, 4) is 10.4 Å². The van der Waals surface area contributed by atoms with Gasteiger partial charge in [0.15, 0.2) is 9.84 Å². The van der Waals surface area contributed by atoms with Crippen molar-refractivity contribution in [1.29, 1.82) is 0 Å². The summed E-state index contributed by atoms with van der Waals surface area (Å²) in [6, 6.07) is 9.13. The standard InChI is InChI=1S/C19H18ClF3N2O4S2/c1-3-29-15(26)10-25-17(16(20)18(24)19(21,22)23)14-8-7-13(30-14)11-5-4-6-12(9-11)31(2,27)28/h4-9H,3,10,24H2,1-2H3/b18-16+,25-17?. The van der Waals surface area contributed by atoms with Crippen LogP contribution in [-0.2, 0) is 19.4 Å². The lowest BCUT2D eigenvalue weighted by Gasteiger charge is -2.11. The van der Waals surface area contributed by atoms with Gasteiger partial charge < -0.3 is 10.5 Å². The Balaban J connectivity index is 2.53. The zero-order valence-electron chi connectivity index (χ0n) is 16.4. The minimum atomic E-state index is -4.90. The Morgan fingerprint density at radius 2 is 1.94 bits per heavy atom. The predicted octanol–water partition coefficient (Wildman–Crippen LogP) is 4.14. The van der Waals surface area contributed by atoms with Crippen LogP contribution < -0.4 is 5.73 Å². The molecule has 0 spiro atoms. The molecule has 0 radical (unpaired) electrons. The minimum absolute atomic E-state index is 0.0811. The zero-order valence-corrected chi connectivity index (χ0v) is 18.8. The first-order valence-electron chi connectivity index (χ1n) is 8.68. The predicted molar refractivity (Wildman–Crippen MR) is 114 cm³/mol. The van der Waals surface area contributed by atoms with E-state index in [4.69, 9.17) is 22.1 Å². The fourth-order valence-electron chi connectivity index (χ4n) is 2.36. The van der Waals surface area contributed by atoms with E-state index in [1.807, 2.05) is 0 Å². The molecule has 0 aliphatic heterocycles. The molecule has 0 aliphatic rings. The van der Waals surface area contributed by atoms with Gasteiger partial charge in [-0.25, -0.2) is 8.42 Å². The van der Waals surface area contributed by atoms with Crippen molar-refractivity contribution in [2.45, 2.75) is 18.0 Å². The highest BCUT2D eigenvalue weighted by Crippen LogP contribution is 2.34. The summed E-state index contributed by atoms with van der Waals surface area (Å²) in [6.45, 7) is 1.10. The topological polar surface area (TPSA) is 98.8 Å². The van der Waals surface area contributed by atoms with Crippen LogP contribution in [0.2, 0.25) is 0 Å².